The molecule has 0 aromatic heterocycles. The van der Waals surface area contributed by atoms with Crippen molar-refractivity contribution in [1.82, 2.24) is 0 Å². The summed E-state index contributed by atoms with van der Waals surface area (Å²) < 4.78 is 13.9. The van der Waals surface area contributed by atoms with Crippen molar-refractivity contribution in [2.45, 2.75) is 34.6 Å². The van der Waals surface area contributed by atoms with E-state index in [1.165, 1.54) is 11.6 Å². The van der Waals surface area contributed by atoms with E-state index in [1.54, 1.807) is 6.07 Å². The van der Waals surface area contributed by atoms with Gasteiger partial charge in [-0.15, -0.1) is 0 Å². The van der Waals surface area contributed by atoms with Gasteiger partial charge < -0.3 is 0 Å². The molecule has 0 aliphatic rings. The zero-order valence-electron chi connectivity index (χ0n) is 12.5. The van der Waals surface area contributed by atoms with E-state index in [0.29, 0.717) is 11.5 Å². The van der Waals surface area contributed by atoms with E-state index in [-0.39, 0.29) is 5.82 Å². The summed E-state index contributed by atoms with van der Waals surface area (Å²) in [6.45, 7) is 14.1. The Labute approximate surface area is 116 Å². The van der Waals surface area contributed by atoms with Crippen LogP contribution >= 0.6 is 0 Å². The molecular weight excluding hydrogens is 235 g/mol. The van der Waals surface area contributed by atoms with Crippen LogP contribution in [0.25, 0.3) is 5.57 Å². The quantitative estimate of drug-likeness (QED) is 0.480. The lowest BCUT2D eigenvalue weighted by molar-refractivity contribution is 0.623. The summed E-state index contributed by atoms with van der Waals surface area (Å²) in [5, 5.41) is 0. The lowest BCUT2D eigenvalue weighted by Gasteiger charge is -2.14. The Morgan fingerprint density at radius 1 is 1.32 bits per heavy atom. The molecule has 1 heteroatoms. The molecule has 0 bridgehead atoms. The number of hydrogen-bond donors (Lipinski definition) is 0. The third kappa shape index (κ3) is 3.92. The average molecular weight is 258 g/mol. The SMILES string of the molecule is C=C(C)C(C)/C(C)=C\C(=C/C)c1cc(C)ccc1F. The molecule has 1 aromatic carbocycles. The monoisotopic (exact) mass is 258 g/mol. The lowest BCUT2D eigenvalue weighted by atomic mass is 9.92. The zero-order chi connectivity index (χ0) is 14.6. The van der Waals surface area contributed by atoms with Crippen molar-refractivity contribution in [2.24, 2.45) is 5.92 Å². The van der Waals surface area contributed by atoms with Crippen LogP contribution in [-0.4, -0.2) is 0 Å². The summed E-state index contributed by atoms with van der Waals surface area (Å²) in [5.74, 6) is 0.133. The first-order valence-corrected chi connectivity index (χ1v) is 6.63. The fraction of sp³-hybridized carbons (Fsp3) is 0.333. The first-order chi connectivity index (χ1) is 8.86. The Hall–Kier alpha value is -1.63. The summed E-state index contributed by atoms with van der Waals surface area (Å²) in [5.41, 5.74) is 4.97. The molecule has 1 unspecified atom stereocenters. The topological polar surface area (TPSA) is 0 Å². The van der Waals surface area contributed by atoms with Crippen molar-refractivity contribution in [3.05, 3.63) is 65.0 Å². The average Bonchev–Trinajstić information content (AvgIpc) is 2.37. The van der Waals surface area contributed by atoms with Crippen LogP contribution in [0, 0.1) is 18.7 Å². The van der Waals surface area contributed by atoms with Gasteiger partial charge in [-0.1, -0.05) is 48.4 Å². The van der Waals surface area contributed by atoms with Crippen LogP contribution in [0.5, 0.6) is 0 Å². The van der Waals surface area contributed by atoms with Crippen LogP contribution < -0.4 is 0 Å². The summed E-state index contributed by atoms with van der Waals surface area (Å²) in [7, 11) is 0. The minimum atomic E-state index is -0.175. The molecule has 0 saturated carbocycles. The number of halogens is 1. The van der Waals surface area contributed by atoms with Gasteiger partial charge in [-0.05, 0) is 51.3 Å². The molecule has 0 aliphatic heterocycles. The summed E-state index contributed by atoms with van der Waals surface area (Å²) in [4.78, 5) is 0. The van der Waals surface area contributed by atoms with E-state index in [0.717, 1.165) is 16.7 Å². The molecule has 0 radical (unpaired) electrons. The number of benzene rings is 1. The van der Waals surface area contributed by atoms with Gasteiger partial charge in [0.2, 0.25) is 0 Å². The third-order valence-electron chi connectivity index (χ3n) is 3.55. The second-order valence-corrected chi connectivity index (χ2v) is 5.18. The van der Waals surface area contributed by atoms with E-state index in [4.69, 9.17) is 0 Å². The van der Waals surface area contributed by atoms with Crippen molar-refractivity contribution >= 4 is 5.57 Å². The minimum absolute atomic E-state index is 0.175. The van der Waals surface area contributed by atoms with Gasteiger partial charge in [-0.3, -0.25) is 0 Å². The summed E-state index contributed by atoms with van der Waals surface area (Å²) in [6.07, 6.45) is 4.00. The van der Waals surface area contributed by atoms with Gasteiger partial charge in [0.15, 0.2) is 0 Å². The normalized spacial score (nSPS) is 14.4. The molecule has 0 saturated heterocycles. The first-order valence-electron chi connectivity index (χ1n) is 6.63. The van der Waals surface area contributed by atoms with Gasteiger partial charge >= 0.3 is 0 Å². The van der Waals surface area contributed by atoms with Crippen LogP contribution in [-0.2, 0) is 0 Å². The molecule has 1 aromatic rings. The van der Waals surface area contributed by atoms with Crippen LogP contribution in [0.2, 0.25) is 0 Å². The molecule has 0 heterocycles. The molecular formula is C18H23F. The van der Waals surface area contributed by atoms with Crippen molar-refractivity contribution in [3.63, 3.8) is 0 Å². The molecule has 102 valence electrons. The van der Waals surface area contributed by atoms with Gasteiger partial charge in [0.05, 0.1) is 0 Å². The Balaban J connectivity index is 3.19. The van der Waals surface area contributed by atoms with Crippen molar-refractivity contribution in [3.8, 4) is 0 Å². The van der Waals surface area contributed by atoms with Gasteiger partial charge in [0.1, 0.15) is 5.82 Å². The molecule has 0 nitrogen and oxygen atoms in total. The number of hydrogen-bond acceptors (Lipinski definition) is 0. The van der Waals surface area contributed by atoms with Gasteiger partial charge in [0.25, 0.3) is 0 Å². The number of aryl methyl sites for hydroxylation is 1. The number of rotatable bonds is 4. The fourth-order valence-corrected chi connectivity index (χ4v) is 1.94. The van der Waals surface area contributed by atoms with Gasteiger partial charge in [0, 0.05) is 5.56 Å². The molecule has 0 spiro atoms. The second-order valence-electron chi connectivity index (χ2n) is 5.18. The highest BCUT2D eigenvalue weighted by atomic mass is 19.1. The predicted molar refractivity (Wildman–Crippen MR) is 82.5 cm³/mol. The predicted octanol–water partition coefficient (Wildman–Crippen LogP) is 5.70. The van der Waals surface area contributed by atoms with Crippen LogP contribution in [0.3, 0.4) is 0 Å². The van der Waals surface area contributed by atoms with Gasteiger partial charge in [-0.2, -0.15) is 0 Å². The second kappa shape index (κ2) is 6.51. The van der Waals surface area contributed by atoms with Gasteiger partial charge in [-0.25, -0.2) is 4.39 Å². The number of allylic oxidation sites excluding steroid dienone is 5. The van der Waals surface area contributed by atoms with E-state index < -0.39 is 0 Å². The Morgan fingerprint density at radius 2 is 1.95 bits per heavy atom. The highest BCUT2D eigenvalue weighted by Gasteiger charge is 2.09. The fourth-order valence-electron chi connectivity index (χ4n) is 1.94. The summed E-state index contributed by atoms with van der Waals surface area (Å²) in [6, 6.07) is 5.21. The maximum absolute atomic E-state index is 13.9. The minimum Gasteiger partial charge on any atom is -0.206 e. The smallest absolute Gasteiger partial charge is 0.131 e. The van der Waals surface area contributed by atoms with Crippen molar-refractivity contribution in [1.29, 1.82) is 0 Å². The van der Waals surface area contributed by atoms with Crippen LogP contribution in [0.4, 0.5) is 4.39 Å². The molecule has 1 atom stereocenters. The Bertz CT molecular complexity index is 533. The van der Waals surface area contributed by atoms with Crippen LogP contribution in [0.15, 0.2) is 48.1 Å². The molecule has 19 heavy (non-hydrogen) atoms. The van der Waals surface area contributed by atoms with E-state index >= 15 is 0 Å². The maximum atomic E-state index is 13.9. The Morgan fingerprint density at radius 3 is 2.47 bits per heavy atom. The zero-order valence-corrected chi connectivity index (χ0v) is 12.5. The largest absolute Gasteiger partial charge is 0.206 e. The standard InChI is InChI=1S/C18H23F/c1-7-16(11-14(5)15(6)12(2)3)17-10-13(4)8-9-18(17)19/h7-11,15H,2H2,1,3-6H3/b14-11-,16-7+. The molecule has 0 N–H and O–H groups in total. The molecule has 0 amide bonds. The summed E-state index contributed by atoms with van der Waals surface area (Å²) >= 11 is 0. The first kappa shape index (κ1) is 15.4. The van der Waals surface area contributed by atoms with E-state index in [1.807, 2.05) is 32.9 Å². The van der Waals surface area contributed by atoms with E-state index in [9.17, 15) is 4.39 Å². The highest BCUT2D eigenvalue weighted by Crippen LogP contribution is 2.26. The highest BCUT2D eigenvalue weighted by molar-refractivity contribution is 5.75. The van der Waals surface area contributed by atoms with E-state index in [2.05, 4.69) is 26.5 Å². The van der Waals surface area contributed by atoms with Crippen molar-refractivity contribution in [2.75, 3.05) is 0 Å². The lowest BCUT2D eigenvalue weighted by Crippen LogP contribution is -1.98. The molecule has 1 rings (SSSR count). The Kier molecular flexibility index (Phi) is 5.29. The maximum Gasteiger partial charge on any atom is 0.131 e. The van der Waals surface area contributed by atoms with Crippen molar-refractivity contribution < 1.29 is 4.39 Å². The van der Waals surface area contributed by atoms with Crippen LogP contribution in [0.1, 0.15) is 38.8 Å². The third-order valence-corrected chi connectivity index (χ3v) is 3.55. The molecule has 0 aliphatic carbocycles. The molecule has 0 fully saturated rings.